The number of carbonyl (C=O) groups excluding carboxylic acids is 2. The molecule has 118 valence electrons. The van der Waals surface area contributed by atoms with E-state index in [9.17, 15) is 19.7 Å². The number of amides is 2. The highest BCUT2D eigenvalue weighted by Crippen LogP contribution is 2.28. The monoisotopic (exact) mass is 332 g/mol. The molecule has 2 heterocycles. The van der Waals surface area contributed by atoms with Gasteiger partial charge in [-0.05, 0) is 23.5 Å². The fraction of sp³-hybridized carbons (Fsp3) is 0.214. The average molecular weight is 332 g/mol. The maximum absolute atomic E-state index is 12.2. The van der Waals surface area contributed by atoms with Crippen molar-refractivity contribution in [1.29, 1.82) is 0 Å². The van der Waals surface area contributed by atoms with Crippen LogP contribution in [0.4, 0.5) is 15.8 Å². The first-order chi connectivity index (χ1) is 11.0. The SMILES string of the molecule is O=C(Nc1ncc([N+](=O)[O-])s1)[C@@H]1CC(=O)N(c2ccccc2)C1. The predicted molar refractivity (Wildman–Crippen MR) is 84.3 cm³/mol. The van der Waals surface area contributed by atoms with E-state index in [1.165, 1.54) is 0 Å². The number of anilines is 2. The zero-order chi connectivity index (χ0) is 16.4. The van der Waals surface area contributed by atoms with Crippen molar-refractivity contribution < 1.29 is 14.5 Å². The van der Waals surface area contributed by atoms with Crippen LogP contribution in [0, 0.1) is 16.0 Å². The van der Waals surface area contributed by atoms with Crippen LogP contribution in [0.3, 0.4) is 0 Å². The lowest BCUT2D eigenvalue weighted by molar-refractivity contribution is -0.380. The zero-order valence-corrected chi connectivity index (χ0v) is 12.7. The van der Waals surface area contributed by atoms with Crippen molar-refractivity contribution in [2.24, 2.45) is 5.92 Å². The van der Waals surface area contributed by atoms with Gasteiger partial charge in [0.2, 0.25) is 11.8 Å². The van der Waals surface area contributed by atoms with Gasteiger partial charge in [-0.2, -0.15) is 0 Å². The molecule has 2 amide bonds. The molecular weight excluding hydrogens is 320 g/mol. The summed E-state index contributed by atoms with van der Waals surface area (Å²) in [6, 6.07) is 9.11. The molecule has 8 nitrogen and oxygen atoms in total. The molecule has 1 N–H and O–H groups in total. The Morgan fingerprint density at radius 3 is 2.78 bits per heavy atom. The molecule has 0 bridgehead atoms. The molecular formula is C14H12N4O4S. The highest BCUT2D eigenvalue weighted by atomic mass is 32.1. The lowest BCUT2D eigenvalue weighted by Crippen LogP contribution is -2.28. The maximum atomic E-state index is 12.2. The van der Waals surface area contributed by atoms with E-state index in [0.717, 1.165) is 23.2 Å². The molecule has 1 aliphatic heterocycles. The summed E-state index contributed by atoms with van der Waals surface area (Å²) in [5, 5.41) is 13.2. The number of rotatable bonds is 4. The summed E-state index contributed by atoms with van der Waals surface area (Å²) >= 11 is 0.785. The van der Waals surface area contributed by atoms with Crippen molar-refractivity contribution in [2.75, 3.05) is 16.8 Å². The van der Waals surface area contributed by atoms with Crippen LogP contribution < -0.4 is 10.2 Å². The van der Waals surface area contributed by atoms with Gasteiger partial charge in [0.1, 0.15) is 6.20 Å². The van der Waals surface area contributed by atoms with Crippen LogP contribution in [0.2, 0.25) is 0 Å². The van der Waals surface area contributed by atoms with Gasteiger partial charge in [-0.3, -0.25) is 19.7 Å². The summed E-state index contributed by atoms with van der Waals surface area (Å²) < 4.78 is 0. The van der Waals surface area contributed by atoms with E-state index < -0.39 is 10.8 Å². The van der Waals surface area contributed by atoms with Crippen molar-refractivity contribution in [3.05, 3.63) is 46.6 Å². The minimum absolute atomic E-state index is 0.105. The fourth-order valence-corrected chi connectivity index (χ4v) is 2.99. The van der Waals surface area contributed by atoms with Gasteiger partial charge < -0.3 is 10.2 Å². The fourth-order valence-electron chi connectivity index (χ4n) is 2.36. The zero-order valence-electron chi connectivity index (χ0n) is 11.8. The van der Waals surface area contributed by atoms with Crippen molar-refractivity contribution in [1.82, 2.24) is 4.98 Å². The molecule has 1 aromatic heterocycles. The van der Waals surface area contributed by atoms with Crippen LogP contribution in [0.15, 0.2) is 36.5 Å². The van der Waals surface area contributed by atoms with Crippen molar-refractivity contribution in [3.8, 4) is 0 Å². The number of thiazole rings is 1. The molecule has 0 spiro atoms. The summed E-state index contributed by atoms with van der Waals surface area (Å²) in [6.45, 7) is 0.280. The van der Waals surface area contributed by atoms with Gasteiger partial charge in [-0.1, -0.05) is 18.2 Å². The van der Waals surface area contributed by atoms with Crippen LogP contribution in [0.25, 0.3) is 0 Å². The third-order valence-electron chi connectivity index (χ3n) is 3.47. The number of hydrogen-bond acceptors (Lipinski definition) is 6. The third kappa shape index (κ3) is 3.19. The second-order valence-electron chi connectivity index (χ2n) is 4.99. The molecule has 0 radical (unpaired) electrons. The minimum Gasteiger partial charge on any atom is -0.312 e. The number of nitrogens with zero attached hydrogens (tertiary/aromatic N) is 3. The molecule has 23 heavy (non-hydrogen) atoms. The molecule has 1 aliphatic rings. The minimum atomic E-state index is -0.566. The normalized spacial score (nSPS) is 17.3. The summed E-state index contributed by atoms with van der Waals surface area (Å²) in [5.41, 5.74) is 0.748. The standard InChI is InChI=1S/C14H12N4O4S/c19-11-6-9(8-17(11)10-4-2-1-3-5-10)13(20)16-14-15-7-12(23-14)18(21)22/h1-5,7,9H,6,8H2,(H,15,16,20)/t9-/m1/s1. The number of aromatic nitrogens is 1. The molecule has 1 atom stereocenters. The predicted octanol–water partition coefficient (Wildman–Crippen LogP) is 2.04. The lowest BCUT2D eigenvalue weighted by atomic mass is 10.1. The van der Waals surface area contributed by atoms with Crippen LogP contribution in [0.1, 0.15) is 6.42 Å². The second kappa shape index (κ2) is 6.13. The van der Waals surface area contributed by atoms with Crippen LogP contribution in [-0.4, -0.2) is 28.3 Å². The van der Waals surface area contributed by atoms with Crippen LogP contribution >= 0.6 is 11.3 Å². The average Bonchev–Trinajstić information content (AvgIpc) is 3.15. The van der Waals surface area contributed by atoms with E-state index in [1.807, 2.05) is 30.3 Å². The van der Waals surface area contributed by atoms with E-state index in [4.69, 9.17) is 0 Å². The second-order valence-corrected chi connectivity index (χ2v) is 6.00. The summed E-state index contributed by atoms with van der Waals surface area (Å²) in [4.78, 5) is 39.7. The first kappa shape index (κ1) is 15.1. The van der Waals surface area contributed by atoms with Crippen LogP contribution in [0.5, 0.6) is 0 Å². The first-order valence-electron chi connectivity index (χ1n) is 6.81. The molecule has 1 fully saturated rings. The van der Waals surface area contributed by atoms with E-state index in [1.54, 1.807) is 4.90 Å². The van der Waals surface area contributed by atoms with Gasteiger partial charge in [0.15, 0.2) is 5.13 Å². The number of nitro groups is 1. The third-order valence-corrected chi connectivity index (χ3v) is 4.33. The van der Waals surface area contributed by atoms with E-state index in [-0.39, 0.29) is 34.9 Å². The van der Waals surface area contributed by atoms with Gasteiger partial charge in [-0.25, -0.2) is 4.98 Å². The van der Waals surface area contributed by atoms with Gasteiger partial charge in [0, 0.05) is 18.7 Å². The highest BCUT2D eigenvalue weighted by Gasteiger charge is 2.35. The molecule has 2 aromatic rings. The maximum Gasteiger partial charge on any atom is 0.345 e. The number of para-hydroxylation sites is 1. The Labute approximate surface area is 134 Å². The molecule has 0 aliphatic carbocycles. The Hall–Kier alpha value is -2.81. The van der Waals surface area contributed by atoms with E-state index in [2.05, 4.69) is 10.3 Å². The number of carbonyl (C=O) groups is 2. The Morgan fingerprint density at radius 1 is 1.39 bits per heavy atom. The van der Waals surface area contributed by atoms with E-state index in [0.29, 0.717) is 0 Å². The van der Waals surface area contributed by atoms with Gasteiger partial charge in [-0.15, -0.1) is 0 Å². The first-order valence-corrected chi connectivity index (χ1v) is 7.63. The number of benzene rings is 1. The lowest BCUT2D eigenvalue weighted by Gasteiger charge is -2.16. The van der Waals surface area contributed by atoms with Gasteiger partial charge in [0.05, 0.1) is 10.8 Å². The number of nitrogens with one attached hydrogen (secondary N) is 1. The quantitative estimate of drug-likeness (QED) is 0.681. The van der Waals surface area contributed by atoms with Crippen molar-refractivity contribution in [3.63, 3.8) is 0 Å². The largest absolute Gasteiger partial charge is 0.345 e. The van der Waals surface area contributed by atoms with Gasteiger partial charge >= 0.3 is 5.00 Å². The van der Waals surface area contributed by atoms with Crippen molar-refractivity contribution >= 4 is 39.0 Å². The highest BCUT2D eigenvalue weighted by molar-refractivity contribution is 7.18. The molecule has 1 saturated heterocycles. The van der Waals surface area contributed by atoms with Crippen molar-refractivity contribution in [2.45, 2.75) is 6.42 Å². The topological polar surface area (TPSA) is 105 Å². The summed E-state index contributed by atoms with van der Waals surface area (Å²) in [5.74, 6) is -0.992. The Bertz CT molecular complexity index is 761. The Morgan fingerprint density at radius 2 is 2.13 bits per heavy atom. The summed E-state index contributed by atoms with van der Waals surface area (Å²) in [6.07, 6.45) is 1.20. The number of hydrogen-bond donors (Lipinski definition) is 1. The Balaban J connectivity index is 1.67. The smallest absolute Gasteiger partial charge is 0.312 e. The van der Waals surface area contributed by atoms with E-state index >= 15 is 0 Å². The Kier molecular flexibility index (Phi) is 4.02. The molecule has 9 heteroatoms. The van der Waals surface area contributed by atoms with Gasteiger partial charge in [0.25, 0.3) is 0 Å². The molecule has 3 rings (SSSR count). The van der Waals surface area contributed by atoms with Crippen LogP contribution in [-0.2, 0) is 9.59 Å². The molecule has 0 saturated carbocycles. The summed E-state index contributed by atoms with van der Waals surface area (Å²) in [7, 11) is 0. The molecule has 0 unspecified atom stereocenters. The molecule has 1 aromatic carbocycles.